The summed E-state index contributed by atoms with van der Waals surface area (Å²) in [7, 11) is 1.70. The van der Waals surface area contributed by atoms with Crippen molar-refractivity contribution in [3.63, 3.8) is 0 Å². The fourth-order valence-electron chi connectivity index (χ4n) is 1.79. The zero-order chi connectivity index (χ0) is 9.97. The molecule has 2 rings (SSSR count). The van der Waals surface area contributed by atoms with Crippen molar-refractivity contribution in [1.29, 1.82) is 0 Å². The van der Waals surface area contributed by atoms with Gasteiger partial charge in [-0.15, -0.1) is 10.2 Å². The van der Waals surface area contributed by atoms with Gasteiger partial charge in [-0.1, -0.05) is 0 Å². The molecule has 0 aliphatic carbocycles. The van der Waals surface area contributed by atoms with E-state index < -0.39 is 0 Å². The van der Waals surface area contributed by atoms with Gasteiger partial charge in [0.1, 0.15) is 11.6 Å². The van der Waals surface area contributed by atoms with Crippen LogP contribution in [-0.2, 0) is 24.1 Å². The smallest absolute Gasteiger partial charge is 0.135 e. The Kier molecular flexibility index (Phi) is 2.79. The Balaban J connectivity index is 2.12. The molecule has 5 heteroatoms. The maximum Gasteiger partial charge on any atom is 0.135 e. The van der Waals surface area contributed by atoms with Crippen LogP contribution in [0.1, 0.15) is 18.1 Å². The van der Waals surface area contributed by atoms with Crippen LogP contribution in [0.2, 0.25) is 0 Å². The number of methoxy groups -OCH3 is 1. The first-order chi connectivity index (χ1) is 6.81. The summed E-state index contributed by atoms with van der Waals surface area (Å²) in [5, 5.41) is 8.28. The van der Waals surface area contributed by atoms with Gasteiger partial charge < -0.3 is 15.0 Å². The molecule has 2 heterocycles. The van der Waals surface area contributed by atoms with Crippen molar-refractivity contribution in [1.82, 2.24) is 14.8 Å². The molecular weight excluding hydrogens is 180 g/mol. The quantitative estimate of drug-likeness (QED) is 0.723. The Hall–Kier alpha value is -0.940. The second-order valence-electron chi connectivity index (χ2n) is 3.68. The lowest BCUT2D eigenvalue weighted by atomic mass is 10.1. The topological polar surface area (TPSA) is 66.0 Å². The molecule has 1 aromatic heterocycles. The molecule has 0 fully saturated rings. The van der Waals surface area contributed by atoms with E-state index in [1.165, 1.54) is 0 Å². The second-order valence-corrected chi connectivity index (χ2v) is 3.68. The largest absolute Gasteiger partial charge is 0.384 e. The molecule has 1 aromatic rings. The van der Waals surface area contributed by atoms with E-state index in [1.807, 2.05) is 0 Å². The van der Waals surface area contributed by atoms with Gasteiger partial charge in [0, 0.05) is 32.5 Å². The first-order valence-corrected chi connectivity index (χ1v) is 4.96. The standard InChI is InChI=1S/C9H16N4O/c1-14-5-3-8-11-12-9-6-7(10)2-4-13(8)9/h7H,2-6,10H2,1H3. The summed E-state index contributed by atoms with van der Waals surface area (Å²) in [6, 6.07) is 0.252. The second kappa shape index (κ2) is 4.06. The minimum atomic E-state index is 0.252. The molecule has 0 saturated heterocycles. The molecule has 78 valence electrons. The van der Waals surface area contributed by atoms with Crippen LogP contribution in [0.15, 0.2) is 0 Å². The Bertz CT molecular complexity index is 310. The van der Waals surface area contributed by atoms with E-state index in [0.29, 0.717) is 6.61 Å². The van der Waals surface area contributed by atoms with E-state index in [4.69, 9.17) is 10.5 Å². The van der Waals surface area contributed by atoms with E-state index in [9.17, 15) is 0 Å². The summed E-state index contributed by atoms with van der Waals surface area (Å²) in [5.41, 5.74) is 5.85. The van der Waals surface area contributed by atoms with Crippen LogP contribution in [0.25, 0.3) is 0 Å². The van der Waals surface area contributed by atoms with Crippen molar-refractivity contribution < 1.29 is 4.74 Å². The van der Waals surface area contributed by atoms with Gasteiger partial charge in [-0.3, -0.25) is 0 Å². The van der Waals surface area contributed by atoms with Crippen LogP contribution < -0.4 is 5.73 Å². The molecule has 5 nitrogen and oxygen atoms in total. The number of nitrogens with zero attached hydrogens (tertiary/aromatic N) is 3. The summed E-state index contributed by atoms with van der Waals surface area (Å²) in [6.07, 6.45) is 2.70. The van der Waals surface area contributed by atoms with Crippen molar-refractivity contribution in [2.24, 2.45) is 5.73 Å². The van der Waals surface area contributed by atoms with Crippen molar-refractivity contribution >= 4 is 0 Å². The van der Waals surface area contributed by atoms with Crippen LogP contribution >= 0.6 is 0 Å². The highest BCUT2D eigenvalue weighted by atomic mass is 16.5. The molecular formula is C9H16N4O. The molecule has 1 aliphatic heterocycles. The first kappa shape index (κ1) is 9.61. The maximum absolute atomic E-state index is 5.85. The van der Waals surface area contributed by atoms with Crippen molar-refractivity contribution in [3.8, 4) is 0 Å². The fraction of sp³-hybridized carbons (Fsp3) is 0.778. The minimum Gasteiger partial charge on any atom is -0.384 e. The third-order valence-corrected chi connectivity index (χ3v) is 2.60. The third-order valence-electron chi connectivity index (χ3n) is 2.60. The zero-order valence-electron chi connectivity index (χ0n) is 8.44. The molecule has 14 heavy (non-hydrogen) atoms. The number of rotatable bonds is 3. The van der Waals surface area contributed by atoms with Gasteiger partial charge in [0.2, 0.25) is 0 Å². The molecule has 0 bridgehead atoms. The highest BCUT2D eigenvalue weighted by Crippen LogP contribution is 2.13. The van der Waals surface area contributed by atoms with Gasteiger partial charge in [-0.25, -0.2) is 0 Å². The molecule has 2 N–H and O–H groups in total. The Morgan fingerprint density at radius 3 is 3.21 bits per heavy atom. The summed E-state index contributed by atoms with van der Waals surface area (Å²) in [4.78, 5) is 0. The van der Waals surface area contributed by atoms with Gasteiger partial charge >= 0.3 is 0 Å². The first-order valence-electron chi connectivity index (χ1n) is 4.96. The van der Waals surface area contributed by atoms with E-state index in [-0.39, 0.29) is 6.04 Å². The van der Waals surface area contributed by atoms with Crippen molar-refractivity contribution in [3.05, 3.63) is 11.6 Å². The monoisotopic (exact) mass is 196 g/mol. The lowest BCUT2D eigenvalue weighted by Gasteiger charge is -2.20. The Morgan fingerprint density at radius 1 is 1.57 bits per heavy atom. The molecule has 1 aliphatic rings. The molecule has 0 amide bonds. The Labute approximate surface area is 83.3 Å². The normalized spacial score (nSPS) is 20.9. The van der Waals surface area contributed by atoms with Gasteiger partial charge in [0.15, 0.2) is 0 Å². The number of ether oxygens (including phenoxy) is 1. The Morgan fingerprint density at radius 2 is 2.43 bits per heavy atom. The summed E-state index contributed by atoms with van der Waals surface area (Å²) >= 11 is 0. The van der Waals surface area contributed by atoms with E-state index in [0.717, 1.165) is 37.5 Å². The minimum absolute atomic E-state index is 0.252. The van der Waals surface area contributed by atoms with Crippen LogP contribution in [0.3, 0.4) is 0 Å². The number of fused-ring (bicyclic) bond motifs is 1. The van der Waals surface area contributed by atoms with Gasteiger partial charge in [0.25, 0.3) is 0 Å². The van der Waals surface area contributed by atoms with Crippen molar-refractivity contribution in [2.45, 2.75) is 31.8 Å². The molecule has 0 radical (unpaired) electrons. The predicted molar refractivity (Wildman–Crippen MR) is 51.9 cm³/mol. The average molecular weight is 196 g/mol. The zero-order valence-corrected chi connectivity index (χ0v) is 8.44. The molecule has 0 spiro atoms. The van der Waals surface area contributed by atoms with Crippen LogP contribution in [0.4, 0.5) is 0 Å². The molecule has 0 aromatic carbocycles. The average Bonchev–Trinajstić information content (AvgIpc) is 2.57. The molecule has 0 saturated carbocycles. The SMILES string of the molecule is COCCc1nnc2n1CCC(N)C2. The van der Waals surface area contributed by atoms with Gasteiger partial charge in [-0.05, 0) is 6.42 Å². The number of aromatic nitrogens is 3. The highest BCUT2D eigenvalue weighted by Gasteiger charge is 2.19. The van der Waals surface area contributed by atoms with Crippen molar-refractivity contribution in [2.75, 3.05) is 13.7 Å². The number of hydrogen-bond donors (Lipinski definition) is 1. The maximum atomic E-state index is 5.85. The molecule has 1 atom stereocenters. The highest BCUT2D eigenvalue weighted by molar-refractivity contribution is 5.01. The van der Waals surface area contributed by atoms with Crippen LogP contribution in [0, 0.1) is 0 Å². The number of hydrogen-bond acceptors (Lipinski definition) is 4. The lowest BCUT2D eigenvalue weighted by molar-refractivity contribution is 0.199. The summed E-state index contributed by atoms with van der Waals surface area (Å²) < 4.78 is 7.19. The fourth-order valence-corrected chi connectivity index (χ4v) is 1.79. The summed E-state index contributed by atoms with van der Waals surface area (Å²) in [5.74, 6) is 2.05. The predicted octanol–water partition coefficient (Wildman–Crippen LogP) is -0.259. The summed E-state index contributed by atoms with van der Waals surface area (Å²) in [6.45, 7) is 1.65. The van der Waals surface area contributed by atoms with Gasteiger partial charge in [0.05, 0.1) is 6.61 Å². The molecule has 1 unspecified atom stereocenters. The lowest BCUT2D eigenvalue weighted by Crippen LogP contribution is -2.31. The third kappa shape index (κ3) is 1.78. The number of nitrogens with two attached hydrogens (primary N) is 1. The van der Waals surface area contributed by atoms with Crippen LogP contribution in [-0.4, -0.2) is 34.5 Å². The van der Waals surface area contributed by atoms with Gasteiger partial charge in [-0.2, -0.15) is 0 Å². The van der Waals surface area contributed by atoms with E-state index in [2.05, 4.69) is 14.8 Å². The van der Waals surface area contributed by atoms with Crippen LogP contribution in [0.5, 0.6) is 0 Å². The van der Waals surface area contributed by atoms with E-state index in [1.54, 1.807) is 7.11 Å². The van der Waals surface area contributed by atoms with E-state index >= 15 is 0 Å².